The van der Waals surface area contributed by atoms with E-state index in [4.69, 9.17) is 20.8 Å². The van der Waals surface area contributed by atoms with Gasteiger partial charge < -0.3 is 19.0 Å². The van der Waals surface area contributed by atoms with E-state index in [1.807, 2.05) is 12.1 Å². The van der Waals surface area contributed by atoms with Gasteiger partial charge in [-0.1, -0.05) is 17.7 Å². The quantitative estimate of drug-likeness (QED) is 0.687. The summed E-state index contributed by atoms with van der Waals surface area (Å²) < 4.78 is 11.2. The van der Waals surface area contributed by atoms with Crippen LogP contribution in [0.25, 0.3) is 11.1 Å². The number of morpholine rings is 1. The second-order valence-electron chi connectivity index (χ2n) is 6.35. The standard InChI is InChI=1S/C19H19ClN4O3/c1-12-15(19(25)23(2)14-5-3-4-13(20)10-14)16-17(21-11-22-18(16)27-12)24-6-8-26-9-7-24/h3-5,10-11H,6-9H2,1-2H3. The van der Waals surface area contributed by atoms with Crippen LogP contribution in [0.3, 0.4) is 0 Å². The van der Waals surface area contributed by atoms with E-state index in [0.29, 0.717) is 65.3 Å². The maximum absolute atomic E-state index is 13.3. The van der Waals surface area contributed by atoms with Crippen molar-refractivity contribution in [3.05, 3.63) is 46.9 Å². The molecular formula is C19H19ClN4O3. The van der Waals surface area contributed by atoms with Crippen molar-refractivity contribution < 1.29 is 13.9 Å². The second kappa shape index (κ2) is 7.17. The Kier molecular flexibility index (Phi) is 4.72. The Bertz CT molecular complexity index is 998. The van der Waals surface area contributed by atoms with Crippen LogP contribution in [0, 0.1) is 6.92 Å². The highest BCUT2D eigenvalue weighted by molar-refractivity contribution is 6.31. The van der Waals surface area contributed by atoms with Crippen LogP contribution in [0.15, 0.2) is 35.0 Å². The summed E-state index contributed by atoms with van der Waals surface area (Å²) in [4.78, 5) is 25.6. The lowest BCUT2D eigenvalue weighted by atomic mass is 10.1. The van der Waals surface area contributed by atoms with Crippen molar-refractivity contribution in [2.75, 3.05) is 43.2 Å². The molecule has 3 aromatic rings. The lowest BCUT2D eigenvalue weighted by Crippen LogP contribution is -2.37. The van der Waals surface area contributed by atoms with E-state index in [0.717, 1.165) is 0 Å². The van der Waals surface area contributed by atoms with Crippen LogP contribution >= 0.6 is 11.6 Å². The zero-order valence-corrected chi connectivity index (χ0v) is 15.9. The van der Waals surface area contributed by atoms with Gasteiger partial charge in [-0.2, -0.15) is 0 Å². The lowest BCUT2D eigenvalue weighted by molar-refractivity contribution is 0.0993. The third-order valence-corrected chi connectivity index (χ3v) is 4.90. The van der Waals surface area contributed by atoms with Crippen molar-refractivity contribution >= 4 is 40.1 Å². The smallest absolute Gasteiger partial charge is 0.262 e. The van der Waals surface area contributed by atoms with Gasteiger partial charge in [-0.15, -0.1) is 0 Å². The molecule has 0 radical (unpaired) electrons. The van der Waals surface area contributed by atoms with Crippen molar-refractivity contribution in [1.29, 1.82) is 0 Å². The first kappa shape index (κ1) is 17.8. The average Bonchev–Trinajstić information content (AvgIpc) is 3.03. The summed E-state index contributed by atoms with van der Waals surface area (Å²) in [5.41, 5.74) is 1.58. The number of furan rings is 1. The van der Waals surface area contributed by atoms with Crippen LogP contribution in [0.2, 0.25) is 5.02 Å². The summed E-state index contributed by atoms with van der Waals surface area (Å²) in [6.07, 6.45) is 1.46. The number of carbonyl (C=O) groups excluding carboxylic acids is 1. The Balaban J connectivity index is 1.81. The molecule has 1 amide bonds. The van der Waals surface area contributed by atoms with Crippen LogP contribution in [0.4, 0.5) is 11.5 Å². The molecule has 1 saturated heterocycles. The molecule has 27 heavy (non-hydrogen) atoms. The van der Waals surface area contributed by atoms with Crippen LogP contribution in [-0.2, 0) is 4.74 Å². The summed E-state index contributed by atoms with van der Waals surface area (Å²) in [5.74, 6) is 1.01. The van der Waals surface area contributed by atoms with Gasteiger partial charge in [0.05, 0.1) is 24.2 Å². The molecule has 2 aromatic heterocycles. The predicted molar refractivity (Wildman–Crippen MR) is 104 cm³/mol. The van der Waals surface area contributed by atoms with Crippen LogP contribution < -0.4 is 9.80 Å². The van der Waals surface area contributed by atoms with Crippen LogP contribution in [0.5, 0.6) is 0 Å². The van der Waals surface area contributed by atoms with Gasteiger partial charge >= 0.3 is 0 Å². The van der Waals surface area contributed by atoms with E-state index in [-0.39, 0.29) is 5.91 Å². The molecule has 0 atom stereocenters. The number of benzene rings is 1. The number of aryl methyl sites for hydroxylation is 1. The number of carbonyl (C=O) groups is 1. The number of nitrogens with zero attached hydrogens (tertiary/aromatic N) is 4. The fourth-order valence-corrected chi connectivity index (χ4v) is 3.46. The molecule has 0 saturated carbocycles. The van der Waals surface area contributed by atoms with Gasteiger partial charge in [0.25, 0.3) is 5.91 Å². The van der Waals surface area contributed by atoms with Crippen molar-refractivity contribution in [2.24, 2.45) is 0 Å². The monoisotopic (exact) mass is 386 g/mol. The highest BCUT2D eigenvalue weighted by Gasteiger charge is 2.28. The maximum atomic E-state index is 13.3. The van der Waals surface area contributed by atoms with E-state index in [1.54, 1.807) is 31.0 Å². The number of halogens is 1. The Morgan fingerprint density at radius 1 is 1.26 bits per heavy atom. The summed E-state index contributed by atoms with van der Waals surface area (Å²) in [6.45, 7) is 4.41. The fourth-order valence-electron chi connectivity index (χ4n) is 3.27. The van der Waals surface area contributed by atoms with Gasteiger partial charge in [0, 0.05) is 30.8 Å². The average molecular weight is 387 g/mol. The third-order valence-electron chi connectivity index (χ3n) is 4.67. The Labute approximate surface area is 161 Å². The highest BCUT2D eigenvalue weighted by atomic mass is 35.5. The van der Waals surface area contributed by atoms with Crippen molar-refractivity contribution in [1.82, 2.24) is 9.97 Å². The molecule has 8 heteroatoms. The van der Waals surface area contributed by atoms with E-state index < -0.39 is 0 Å². The maximum Gasteiger partial charge on any atom is 0.262 e. The molecule has 1 aromatic carbocycles. The largest absolute Gasteiger partial charge is 0.442 e. The van der Waals surface area contributed by atoms with E-state index in [2.05, 4.69) is 14.9 Å². The summed E-state index contributed by atoms with van der Waals surface area (Å²) >= 11 is 6.08. The normalized spacial score (nSPS) is 14.6. The number of fused-ring (bicyclic) bond motifs is 1. The van der Waals surface area contributed by atoms with Crippen LogP contribution in [0.1, 0.15) is 16.1 Å². The van der Waals surface area contributed by atoms with E-state index >= 15 is 0 Å². The fraction of sp³-hybridized carbons (Fsp3) is 0.316. The number of anilines is 2. The molecule has 4 rings (SSSR count). The molecule has 1 aliphatic rings. The molecule has 1 fully saturated rings. The minimum Gasteiger partial charge on any atom is -0.442 e. The number of ether oxygens (including phenoxy) is 1. The molecule has 3 heterocycles. The van der Waals surface area contributed by atoms with E-state index in [1.165, 1.54) is 6.33 Å². The highest BCUT2D eigenvalue weighted by Crippen LogP contribution is 2.33. The van der Waals surface area contributed by atoms with Crippen molar-refractivity contribution in [3.63, 3.8) is 0 Å². The minimum absolute atomic E-state index is 0.196. The SMILES string of the molecule is Cc1oc2ncnc(N3CCOCC3)c2c1C(=O)N(C)c1cccc(Cl)c1. The zero-order chi connectivity index (χ0) is 19.0. The molecule has 0 unspecified atom stereocenters. The zero-order valence-electron chi connectivity index (χ0n) is 15.1. The van der Waals surface area contributed by atoms with Gasteiger partial charge in [0.2, 0.25) is 5.71 Å². The van der Waals surface area contributed by atoms with Crippen molar-refractivity contribution in [3.8, 4) is 0 Å². The van der Waals surface area contributed by atoms with Gasteiger partial charge in [0.1, 0.15) is 17.9 Å². The molecule has 0 spiro atoms. The molecular weight excluding hydrogens is 368 g/mol. The predicted octanol–water partition coefficient (Wildman–Crippen LogP) is 3.30. The molecule has 0 aliphatic carbocycles. The van der Waals surface area contributed by atoms with Gasteiger partial charge in [0.15, 0.2) is 0 Å². The summed E-state index contributed by atoms with van der Waals surface area (Å²) in [6, 6.07) is 7.16. The molecule has 0 bridgehead atoms. The van der Waals surface area contributed by atoms with Gasteiger partial charge in [-0.3, -0.25) is 4.79 Å². The van der Waals surface area contributed by atoms with Gasteiger partial charge in [-0.25, -0.2) is 9.97 Å². The van der Waals surface area contributed by atoms with Crippen molar-refractivity contribution in [2.45, 2.75) is 6.92 Å². The number of rotatable bonds is 3. The first-order chi connectivity index (χ1) is 13.1. The first-order valence-electron chi connectivity index (χ1n) is 8.66. The molecule has 7 nitrogen and oxygen atoms in total. The Hall–Kier alpha value is -2.64. The van der Waals surface area contributed by atoms with Crippen LogP contribution in [-0.4, -0.2) is 49.2 Å². The minimum atomic E-state index is -0.196. The van der Waals surface area contributed by atoms with Gasteiger partial charge in [-0.05, 0) is 25.1 Å². The molecule has 0 N–H and O–H groups in total. The lowest BCUT2D eigenvalue weighted by Gasteiger charge is -2.28. The first-order valence-corrected chi connectivity index (χ1v) is 9.04. The summed E-state index contributed by atoms with van der Waals surface area (Å²) in [5, 5.41) is 1.20. The van der Waals surface area contributed by atoms with E-state index in [9.17, 15) is 4.79 Å². The number of hydrogen-bond donors (Lipinski definition) is 0. The summed E-state index contributed by atoms with van der Waals surface area (Å²) in [7, 11) is 1.71. The second-order valence-corrected chi connectivity index (χ2v) is 6.79. The molecule has 1 aliphatic heterocycles. The Morgan fingerprint density at radius 2 is 2.04 bits per heavy atom. The number of aromatic nitrogens is 2. The topological polar surface area (TPSA) is 71.7 Å². The number of hydrogen-bond acceptors (Lipinski definition) is 6. The number of amides is 1. The third kappa shape index (κ3) is 3.24. The Morgan fingerprint density at radius 3 is 2.78 bits per heavy atom. The molecule has 140 valence electrons.